The lowest BCUT2D eigenvalue weighted by atomic mass is 9.72. The quantitative estimate of drug-likeness (QED) is 0.867. The van der Waals surface area contributed by atoms with Crippen LogP contribution in [-0.2, 0) is 12.8 Å². The molecule has 0 radical (unpaired) electrons. The monoisotopic (exact) mass is 237 g/mol. The van der Waals surface area contributed by atoms with Crippen LogP contribution >= 0.6 is 0 Å². The summed E-state index contributed by atoms with van der Waals surface area (Å²) in [7, 11) is 0. The van der Waals surface area contributed by atoms with Crippen molar-refractivity contribution in [3.8, 4) is 0 Å². The van der Waals surface area contributed by atoms with Gasteiger partial charge >= 0.3 is 0 Å². The van der Waals surface area contributed by atoms with Gasteiger partial charge in [-0.1, -0.05) is 54.6 Å². The summed E-state index contributed by atoms with van der Waals surface area (Å²) in [6.45, 7) is 0. The van der Waals surface area contributed by atoms with E-state index in [9.17, 15) is 0 Å². The first-order valence-electron chi connectivity index (χ1n) is 6.72. The van der Waals surface area contributed by atoms with Crippen molar-refractivity contribution in [2.24, 2.45) is 5.73 Å². The molecule has 1 aliphatic carbocycles. The molecule has 2 N–H and O–H groups in total. The third kappa shape index (κ3) is 2.19. The average molecular weight is 237 g/mol. The van der Waals surface area contributed by atoms with Crippen LogP contribution in [0.5, 0.6) is 0 Å². The molecule has 0 saturated carbocycles. The van der Waals surface area contributed by atoms with E-state index in [-0.39, 0.29) is 0 Å². The number of hydrogen-bond donors (Lipinski definition) is 1. The van der Waals surface area contributed by atoms with E-state index < -0.39 is 0 Å². The Hall–Kier alpha value is -1.60. The molecule has 1 nitrogen and oxygen atoms in total. The molecule has 0 saturated heterocycles. The maximum Gasteiger partial charge on any atom is 0.0114 e. The Morgan fingerprint density at radius 3 is 2.50 bits per heavy atom. The van der Waals surface area contributed by atoms with Crippen LogP contribution in [-0.4, -0.2) is 6.04 Å². The number of rotatable bonds is 4. The molecule has 0 spiro atoms. The second kappa shape index (κ2) is 4.95. The summed E-state index contributed by atoms with van der Waals surface area (Å²) in [5.74, 6) is 0.574. The highest BCUT2D eigenvalue weighted by Gasteiger charge is 2.30. The van der Waals surface area contributed by atoms with Gasteiger partial charge in [0.25, 0.3) is 0 Å². The third-order valence-corrected chi connectivity index (χ3v) is 4.02. The largest absolute Gasteiger partial charge is 0.327 e. The summed E-state index contributed by atoms with van der Waals surface area (Å²) >= 11 is 0. The van der Waals surface area contributed by atoms with Crippen LogP contribution in [0.3, 0.4) is 0 Å². The van der Waals surface area contributed by atoms with E-state index in [0.29, 0.717) is 12.0 Å². The Labute approximate surface area is 109 Å². The van der Waals surface area contributed by atoms with E-state index in [1.165, 1.54) is 16.7 Å². The van der Waals surface area contributed by atoms with Gasteiger partial charge in [-0.2, -0.15) is 0 Å². The van der Waals surface area contributed by atoms with E-state index in [2.05, 4.69) is 54.6 Å². The Balaban J connectivity index is 1.59. The Kier molecular flexibility index (Phi) is 3.16. The molecule has 0 aromatic heterocycles. The van der Waals surface area contributed by atoms with Gasteiger partial charge in [-0.3, -0.25) is 0 Å². The van der Waals surface area contributed by atoms with Crippen LogP contribution in [0.2, 0.25) is 0 Å². The van der Waals surface area contributed by atoms with Crippen molar-refractivity contribution in [1.82, 2.24) is 0 Å². The summed E-state index contributed by atoms with van der Waals surface area (Å²) in [6, 6.07) is 19.6. The zero-order chi connectivity index (χ0) is 12.4. The molecule has 2 unspecified atom stereocenters. The van der Waals surface area contributed by atoms with Gasteiger partial charge in [0, 0.05) is 12.0 Å². The predicted octanol–water partition coefficient (Wildman–Crippen LogP) is 3.29. The number of nitrogens with two attached hydrogens (primary N) is 1. The summed E-state index contributed by atoms with van der Waals surface area (Å²) in [5.41, 5.74) is 10.7. The van der Waals surface area contributed by atoms with Gasteiger partial charge in [-0.05, 0) is 36.0 Å². The molecule has 0 heterocycles. The lowest BCUT2D eigenvalue weighted by molar-refractivity contribution is 0.458. The van der Waals surface area contributed by atoms with Crippen molar-refractivity contribution in [2.45, 2.75) is 31.2 Å². The van der Waals surface area contributed by atoms with Crippen LogP contribution < -0.4 is 5.73 Å². The SMILES string of the molecule is NC(CCc1ccccc1)C1Cc2ccccc21. The summed E-state index contributed by atoms with van der Waals surface area (Å²) < 4.78 is 0. The second-order valence-corrected chi connectivity index (χ2v) is 5.20. The number of aryl methyl sites for hydroxylation is 1. The lowest BCUT2D eigenvalue weighted by Crippen LogP contribution is -2.35. The van der Waals surface area contributed by atoms with Gasteiger partial charge in [-0.25, -0.2) is 0 Å². The molecular weight excluding hydrogens is 218 g/mol. The molecule has 0 bridgehead atoms. The molecule has 0 fully saturated rings. The first-order valence-corrected chi connectivity index (χ1v) is 6.72. The van der Waals surface area contributed by atoms with Gasteiger partial charge in [0.2, 0.25) is 0 Å². The van der Waals surface area contributed by atoms with Gasteiger partial charge < -0.3 is 5.73 Å². The zero-order valence-corrected chi connectivity index (χ0v) is 10.5. The molecule has 18 heavy (non-hydrogen) atoms. The minimum atomic E-state index is 0.292. The van der Waals surface area contributed by atoms with Crippen molar-refractivity contribution in [3.05, 3.63) is 71.3 Å². The molecule has 2 aromatic carbocycles. The van der Waals surface area contributed by atoms with E-state index in [0.717, 1.165) is 19.3 Å². The molecule has 0 aliphatic heterocycles. The minimum absolute atomic E-state index is 0.292. The smallest absolute Gasteiger partial charge is 0.0114 e. The average Bonchev–Trinajstić information content (AvgIpc) is 2.39. The maximum atomic E-state index is 6.34. The van der Waals surface area contributed by atoms with Crippen molar-refractivity contribution < 1.29 is 0 Å². The van der Waals surface area contributed by atoms with E-state index in [1.54, 1.807) is 0 Å². The normalized spacial score (nSPS) is 18.8. The summed E-state index contributed by atoms with van der Waals surface area (Å²) in [5, 5.41) is 0. The van der Waals surface area contributed by atoms with E-state index >= 15 is 0 Å². The molecule has 1 aliphatic rings. The molecule has 2 atom stereocenters. The molecule has 92 valence electrons. The number of fused-ring (bicyclic) bond motifs is 1. The topological polar surface area (TPSA) is 26.0 Å². The first-order chi connectivity index (χ1) is 8.84. The molecular formula is C17H19N. The van der Waals surface area contributed by atoms with E-state index in [4.69, 9.17) is 5.73 Å². The second-order valence-electron chi connectivity index (χ2n) is 5.20. The Bertz CT molecular complexity index is 518. The van der Waals surface area contributed by atoms with Crippen LogP contribution in [0.4, 0.5) is 0 Å². The molecule has 3 rings (SSSR count). The summed E-state index contributed by atoms with van der Waals surface area (Å²) in [4.78, 5) is 0. The van der Waals surface area contributed by atoms with Gasteiger partial charge in [0.05, 0.1) is 0 Å². The number of benzene rings is 2. The number of hydrogen-bond acceptors (Lipinski definition) is 1. The van der Waals surface area contributed by atoms with Crippen molar-refractivity contribution in [2.75, 3.05) is 0 Å². The van der Waals surface area contributed by atoms with Crippen LogP contribution in [0, 0.1) is 0 Å². The van der Waals surface area contributed by atoms with E-state index in [1.807, 2.05) is 0 Å². The minimum Gasteiger partial charge on any atom is -0.327 e. The maximum absolute atomic E-state index is 6.34. The predicted molar refractivity (Wildman–Crippen MR) is 75.6 cm³/mol. The Morgan fingerprint density at radius 2 is 1.72 bits per heavy atom. The molecule has 2 aromatic rings. The van der Waals surface area contributed by atoms with Crippen LogP contribution in [0.1, 0.15) is 29.0 Å². The van der Waals surface area contributed by atoms with Gasteiger partial charge in [-0.15, -0.1) is 0 Å². The van der Waals surface area contributed by atoms with Crippen molar-refractivity contribution >= 4 is 0 Å². The van der Waals surface area contributed by atoms with Crippen LogP contribution in [0.15, 0.2) is 54.6 Å². The highest BCUT2D eigenvalue weighted by molar-refractivity contribution is 5.41. The fourth-order valence-corrected chi connectivity index (χ4v) is 2.86. The first kappa shape index (κ1) is 11.5. The van der Waals surface area contributed by atoms with Crippen LogP contribution in [0.25, 0.3) is 0 Å². The zero-order valence-electron chi connectivity index (χ0n) is 10.5. The van der Waals surface area contributed by atoms with Crippen molar-refractivity contribution in [1.29, 1.82) is 0 Å². The summed E-state index contributed by atoms with van der Waals surface area (Å²) in [6.07, 6.45) is 3.32. The highest BCUT2D eigenvalue weighted by atomic mass is 14.7. The highest BCUT2D eigenvalue weighted by Crippen LogP contribution is 2.37. The van der Waals surface area contributed by atoms with Gasteiger partial charge in [0.1, 0.15) is 0 Å². The fourth-order valence-electron chi connectivity index (χ4n) is 2.86. The molecule has 0 amide bonds. The molecule has 1 heteroatoms. The fraction of sp³-hybridized carbons (Fsp3) is 0.294. The lowest BCUT2D eigenvalue weighted by Gasteiger charge is -2.34. The van der Waals surface area contributed by atoms with Crippen molar-refractivity contribution in [3.63, 3.8) is 0 Å². The van der Waals surface area contributed by atoms with Gasteiger partial charge in [0.15, 0.2) is 0 Å². The standard InChI is InChI=1S/C17H19N/c18-17(11-10-13-6-2-1-3-7-13)16-12-14-8-4-5-9-15(14)16/h1-9,16-17H,10-12,18H2. The Morgan fingerprint density at radius 1 is 1.00 bits per heavy atom. The third-order valence-electron chi connectivity index (χ3n) is 4.02.